The molecule has 3 aromatic rings. The Morgan fingerprint density at radius 2 is 1.84 bits per heavy atom. The Morgan fingerprint density at radius 3 is 2.56 bits per heavy atom. The molecule has 166 valence electrons. The van der Waals surface area contributed by atoms with Gasteiger partial charge in [-0.05, 0) is 50.9 Å². The topological polar surface area (TPSA) is 87.0 Å². The molecule has 32 heavy (non-hydrogen) atoms. The highest BCUT2D eigenvalue weighted by molar-refractivity contribution is 6.56. The number of fused-ring (bicyclic) bond motifs is 1. The zero-order valence-electron chi connectivity index (χ0n) is 18.7. The van der Waals surface area contributed by atoms with Crippen molar-refractivity contribution in [3.63, 3.8) is 0 Å². The normalized spacial score (nSPS) is 17.5. The van der Waals surface area contributed by atoms with Crippen molar-refractivity contribution in [2.45, 2.75) is 45.5 Å². The van der Waals surface area contributed by atoms with Crippen LogP contribution in [0, 0.1) is 0 Å². The number of nitrogens with zero attached hydrogens (tertiary/aromatic N) is 3. The summed E-state index contributed by atoms with van der Waals surface area (Å²) in [5.74, 6) is 0.585. The quantitative estimate of drug-likeness (QED) is 0.596. The van der Waals surface area contributed by atoms with Gasteiger partial charge in [0, 0.05) is 18.9 Å². The van der Waals surface area contributed by atoms with Gasteiger partial charge in [0.25, 0.3) is 0 Å². The van der Waals surface area contributed by atoms with E-state index in [-0.39, 0.29) is 13.2 Å². The van der Waals surface area contributed by atoms with Crippen LogP contribution in [-0.4, -0.2) is 45.3 Å². The molecule has 1 aliphatic heterocycles. The second-order valence-corrected chi connectivity index (χ2v) is 8.70. The minimum Gasteiger partial charge on any atom is -0.445 e. The monoisotopic (exact) mass is 434 g/mol. The van der Waals surface area contributed by atoms with E-state index in [1.807, 2.05) is 80.8 Å². The molecule has 4 rings (SSSR count). The van der Waals surface area contributed by atoms with Crippen molar-refractivity contribution >= 4 is 25.1 Å². The summed E-state index contributed by atoms with van der Waals surface area (Å²) in [5, 5.41) is 2.81. The van der Waals surface area contributed by atoms with Crippen LogP contribution in [0.25, 0.3) is 11.9 Å². The standard InChI is InChI=1S/C23H27BN4O4/c1-22(2)23(3,4)32-24(31-22)18(13-19-15-26-20-25-11-8-12-28(19)20)14-27-21(29)30-16-17-9-6-5-7-10-17/h5-13,15H,14,16H2,1-4H3,(H,27,29). The number of aromatic nitrogens is 3. The number of benzene rings is 1. The van der Waals surface area contributed by atoms with E-state index in [0.29, 0.717) is 5.78 Å². The van der Waals surface area contributed by atoms with E-state index in [1.165, 1.54) is 0 Å². The highest BCUT2D eigenvalue weighted by Crippen LogP contribution is 2.38. The number of hydrogen-bond donors (Lipinski definition) is 1. The third kappa shape index (κ3) is 4.68. The molecule has 1 aromatic carbocycles. The highest BCUT2D eigenvalue weighted by Gasteiger charge is 2.52. The maximum Gasteiger partial charge on any atom is 0.492 e. The van der Waals surface area contributed by atoms with E-state index in [4.69, 9.17) is 14.0 Å². The minimum absolute atomic E-state index is 0.192. The van der Waals surface area contributed by atoms with Gasteiger partial charge in [-0.3, -0.25) is 4.40 Å². The van der Waals surface area contributed by atoms with Crippen LogP contribution in [0.1, 0.15) is 39.0 Å². The van der Waals surface area contributed by atoms with Crippen LogP contribution in [0.3, 0.4) is 0 Å². The predicted octanol–water partition coefficient (Wildman–Crippen LogP) is 3.67. The number of alkyl carbamates (subject to hydrolysis) is 1. The molecule has 1 N–H and O–H groups in total. The summed E-state index contributed by atoms with van der Waals surface area (Å²) < 4.78 is 19.6. The second kappa shape index (κ2) is 8.76. The van der Waals surface area contributed by atoms with Crippen molar-refractivity contribution in [3.8, 4) is 0 Å². The van der Waals surface area contributed by atoms with Crippen molar-refractivity contribution in [3.05, 3.63) is 71.7 Å². The van der Waals surface area contributed by atoms with Crippen molar-refractivity contribution in [1.82, 2.24) is 19.7 Å². The number of ether oxygens (including phenoxy) is 1. The molecule has 0 radical (unpaired) electrons. The van der Waals surface area contributed by atoms with Gasteiger partial charge in [0.15, 0.2) is 0 Å². The lowest BCUT2D eigenvalue weighted by Crippen LogP contribution is -2.41. The van der Waals surface area contributed by atoms with Gasteiger partial charge in [0.1, 0.15) is 6.61 Å². The van der Waals surface area contributed by atoms with Crippen LogP contribution in [0.2, 0.25) is 0 Å². The van der Waals surface area contributed by atoms with Crippen LogP contribution < -0.4 is 5.32 Å². The second-order valence-electron chi connectivity index (χ2n) is 8.70. The first kappa shape index (κ1) is 22.0. The average molecular weight is 434 g/mol. The molecule has 1 fully saturated rings. The Morgan fingerprint density at radius 1 is 1.12 bits per heavy atom. The first-order valence-corrected chi connectivity index (χ1v) is 10.5. The van der Waals surface area contributed by atoms with Crippen molar-refractivity contribution in [2.24, 2.45) is 0 Å². The summed E-state index contributed by atoms with van der Waals surface area (Å²) in [6.07, 6.45) is 6.68. The van der Waals surface area contributed by atoms with Gasteiger partial charge < -0.3 is 19.4 Å². The molecule has 1 aliphatic rings. The summed E-state index contributed by atoms with van der Waals surface area (Å²) >= 11 is 0. The fourth-order valence-electron chi connectivity index (χ4n) is 3.29. The molecular weight excluding hydrogens is 407 g/mol. The maximum absolute atomic E-state index is 12.3. The molecule has 3 heterocycles. The predicted molar refractivity (Wildman–Crippen MR) is 122 cm³/mol. The SMILES string of the molecule is CC1(C)OB(C(=Cc2cnc3ncccn23)CNC(=O)OCc2ccccc2)OC1(C)C. The van der Waals surface area contributed by atoms with Crippen molar-refractivity contribution in [2.75, 3.05) is 6.54 Å². The lowest BCUT2D eigenvalue weighted by molar-refractivity contribution is 0.00578. The van der Waals surface area contributed by atoms with E-state index in [0.717, 1.165) is 16.7 Å². The third-order valence-corrected chi connectivity index (χ3v) is 5.86. The largest absolute Gasteiger partial charge is 0.492 e. The molecule has 0 bridgehead atoms. The summed E-state index contributed by atoms with van der Waals surface area (Å²) in [6.45, 7) is 8.35. The summed E-state index contributed by atoms with van der Waals surface area (Å²) in [4.78, 5) is 20.9. The highest BCUT2D eigenvalue weighted by atomic mass is 16.7. The Labute approximate surface area is 187 Å². The van der Waals surface area contributed by atoms with Crippen LogP contribution in [-0.2, 0) is 20.7 Å². The summed E-state index contributed by atoms with van der Waals surface area (Å²) in [6, 6.07) is 11.4. The number of carbonyl (C=O) groups excluding carboxylic acids is 1. The first-order valence-electron chi connectivity index (χ1n) is 10.5. The van der Waals surface area contributed by atoms with Crippen LogP contribution in [0.4, 0.5) is 4.79 Å². The smallest absolute Gasteiger partial charge is 0.445 e. The third-order valence-electron chi connectivity index (χ3n) is 5.86. The Hall–Kier alpha value is -3.17. The number of rotatable bonds is 6. The number of hydrogen-bond acceptors (Lipinski definition) is 6. The fourth-order valence-corrected chi connectivity index (χ4v) is 3.29. The van der Waals surface area contributed by atoms with Gasteiger partial charge in [-0.15, -0.1) is 0 Å². The van der Waals surface area contributed by atoms with Gasteiger partial charge in [-0.25, -0.2) is 14.8 Å². The molecule has 2 aromatic heterocycles. The average Bonchev–Trinajstić information content (AvgIpc) is 3.27. The molecular formula is C23H27BN4O4. The zero-order valence-corrected chi connectivity index (χ0v) is 18.7. The van der Waals surface area contributed by atoms with E-state index >= 15 is 0 Å². The Balaban J connectivity index is 1.52. The van der Waals surface area contributed by atoms with E-state index in [9.17, 15) is 4.79 Å². The molecule has 1 amide bonds. The van der Waals surface area contributed by atoms with Gasteiger partial charge in [0.05, 0.1) is 23.1 Å². The van der Waals surface area contributed by atoms with E-state index in [2.05, 4.69) is 15.3 Å². The van der Waals surface area contributed by atoms with Gasteiger partial charge in [0.2, 0.25) is 5.78 Å². The fraction of sp³-hybridized carbons (Fsp3) is 0.348. The Bertz CT molecular complexity index is 1110. The zero-order chi connectivity index (χ0) is 22.8. The van der Waals surface area contributed by atoms with Crippen LogP contribution in [0.5, 0.6) is 0 Å². The van der Waals surface area contributed by atoms with E-state index in [1.54, 1.807) is 12.4 Å². The Kier molecular flexibility index (Phi) is 6.03. The minimum atomic E-state index is -0.628. The summed E-state index contributed by atoms with van der Waals surface area (Å²) in [7, 11) is -0.628. The van der Waals surface area contributed by atoms with Crippen LogP contribution in [0.15, 0.2) is 60.5 Å². The maximum atomic E-state index is 12.3. The number of carbonyl (C=O) groups is 1. The molecule has 0 saturated carbocycles. The number of amides is 1. The molecule has 1 saturated heterocycles. The lowest BCUT2D eigenvalue weighted by Gasteiger charge is -2.32. The van der Waals surface area contributed by atoms with Gasteiger partial charge >= 0.3 is 13.2 Å². The van der Waals surface area contributed by atoms with Crippen molar-refractivity contribution < 1.29 is 18.8 Å². The lowest BCUT2D eigenvalue weighted by atomic mass is 9.77. The molecule has 0 aliphatic carbocycles. The summed E-state index contributed by atoms with van der Waals surface area (Å²) in [5.41, 5.74) is 1.45. The van der Waals surface area contributed by atoms with E-state index < -0.39 is 24.4 Å². The number of imidazole rings is 1. The number of nitrogens with one attached hydrogen (secondary N) is 1. The molecule has 0 unspecified atom stereocenters. The molecule has 9 heteroatoms. The van der Waals surface area contributed by atoms with Crippen molar-refractivity contribution in [1.29, 1.82) is 0 Å². The van der Waals surface area contributed by atoms with Gasteiger partial charge in [-0.1, -0.05) is 30.3 Å². The molecule has 0 spiro atoms. The first-order chi connectivity index (χ1) is 15.2. The molecule has 8 nitrogen and oxygen atoms in total. The molecule has 0 atom stereocenters. The van der Waals surface area contributed by atoms with Crippen LogP contribution >= 0.6 is 0 Å². The van der Waals surface area contributed by atoms with Gasteiger partial charge in [-0.2, -0.15) is 0 Å².